The molecular formula is C13H19NO. The van der Waals surface area contributed by atoms with Crippen LogP contribution >= 0.6 is 0 Å². The van der Waals surface area contributed by atoms with Crippen molar-refractivity contribution < 1.29 is 4.74 Å². The van der Waals surface area contributed by atoms with Gasteiger partial charge in [-0.1, -0.05) is 12.1 Å². The normalized spacial score (nSPS) is 21.7. The Morgan fingerprint density at radius 1 is 1.20 bits per heavy atom. The van der Waals surface area contributed by atoms with Crippen molar-refractivity contribution >= 4 is 0 Å². The summed E-state index contributed by atoms with van der Waals surface area (Å²) in [6.45, 7) is 9.23. The summed E-state index contributed by atoms with van der Waals surface area (Å²) in [5.41, 5.74) is 5.42. The highest BCUT2D eigenvalue weighted by molar-refractivity contribution is 5.38. The van der Waals surface area contributed by atoms with E-state index in [2.05, 4.69) is 38.2 Å². The molecule has 15 heavy (non-hydrogen) atoms. The molecule has 2 rings (SSSR count). The van der Waals surface area contributed by atoms with E-state index in [1.807, 2.05) is 0 Å². The van der Waals surface area contributed by atoms with Crippen LogP contribution in [0.1, 0.15) is 28.4 Å². The zero-order valence-corrected chi connectivity index (χ0v) is 9.76. The van der Waals surface area contributed by atoms with Crippen molar-refractivity contribution in [3.05, 3.63) is 34.4 Å². The summed E-state index contributed by atoms with van der Waals surface area (Å²) in [6.07, 6.45) is 0.233. The molecule has 1 unspecified atom stereocenters. The summed E-state index contributed by atoms with van der Waals surface area (Å²) >= 11 is 0. The Kier molecular flexibility index (Phi) is 3.08. The Balaban J connectivity index is 2.27. The summed E-state index contributed by atoms with van der Waals surface area (Å²) in [4.78, 5) is 0. The molecule has 0 amide bonds. The molecule has 0 saturated carbocycles. The second-order valence-corrected chi connectivity index (χ2v) is 4.34. The van der Waals surface area contributed by atoms with Gasteiger partial charge in [-0.25, -0.2) is 0 Å². The SMILES string of the molecule is Cc1cc(C2CNCCO2)cc(C)c1C. The van der Waals surface area contributed by atoms with Gasteiger partial charge in [0.1, 0.15) is 0 Å². The summed E-state index contributed by atoms with van der Waals surface area (Å²) in [5, 5.41) is 3.36. The van der Waals surface area contributed by atoms with Crippen LogP contribution in [0.25, 0.3) is 0 Å². The Bertz CT molecular complexity index is 331. The molecule has 1 heterocycles. The minimum absolute atomic E-state index is 0.233. The van der Waals surface area contributed by atoms with Gasteiger partial charge in [-0.15, -0.1) is 0 Å². The molecule has 0 aromatic heterocycles. The number of hydrogen-bond donors (Lipinski definition) is 1. The van der Waals surface area contributed by atoms with Crippen LogP contribution in [0.4, 0.5) is 0 Å². The average Bonchev–Trinajstić information content (AvgIpc) is 2.26. The van der Waals surface area contributed by atoms with Crippen molar-refractivity contribution in [2.24, 2.45) is 0 Å². The van der Waals surface area contributed by atoms with E-state index < -0.39 is 0 Å². The zero-order valence-electron chi connectivity index (χ0n) is 9.76. The Morgan fingerprint density at radius 2 is 1.87 bits per heavy atom. The van der Waals surface area contributed by atoms with Gasteiger partial charge in [0, 0.05) is 13.1 Å². The molecule has 0 radical (unpaired) electrons. The molecule has 0 bridgehead atoms. The molecule has 1 atom stereocenters. The molecule has 1 aromatic carbocycles. The number of ether oxygens (including phenoxy) is 1. The van der Waals surface area contributed by atoms with E-state index in [0.717, 1.165) is 19.7 Å². The second kappa shape index (κ2) is 4.33. The number of morpholine rings is 1. The van der Waals surface area contributed by atoms with Crippen LogP contribution in [-0.4, -0.2) is 19.7 Å². The third-order valence-corrected chi connectivity index (χ3v) is 3.25. The first-order valence-electron chi connectivity index (χ1n) is 5.58. The first kappa shape index (κ1) is 10.7. The van der Waals surface area contributed by atoms with E-state index in [-0.39, 0.29) is 6.10 Å². The van der Waals surface area contributed by atoms with Gasteiger partial charge in [0.25, 0.3) is 0 Å². The summed E-state index contributed by atoms with van der Waals surface area (Å²) in [5.74, 6) is 0. The van der Waals surface area contributed by atoms with E-state index in [1.165, 1.54) is 22.3 Å². The van der Waals surface area contributed by atoms with Gasteiger partial charge < -0.3 is 10.1 Å². The van der Waals surface area contributed by atoms with Crippen molar-refractivity contribution in [2.75, 3.05) is 19.7 Å². The highest BCUT2D eigenvalue weighted by Crippen LogP contribution is 2.23. The molecule has 0 aliphatic carbocycles. The third-order valence-electron chi connectivity index (χ3n) is 3.25. The quantitative estimate of drug-likeness (QED) is 0.759. The molecular weight excluding hydrogens is 186 g/mol. The van der Waals surface area contributed by atoms with E-state index in [1.54, 1.807) is 0 Å². The number of rotatable bonds is 1. The Morgan fingerprint density at radius 3 is 2.40 bits per heavy atom. The molecule has 1 saturated heterocycles. The average molecular weight is 205 g/mol. The van der Waals surface area contributed by atoms with Gasteiger partial charge in [-0.05, 0) is 43.0 Å². The van der Waals surface area contributed by atoms with E-state index in [9.17, 15) is 0 Å². The number of nitrogens with one attached hydrogen (secondary N) is 1. The Hall–Kier alpha value is -0.860. The number of aryl methyl sites for hydroxylation is 2. The lowest BCUT2D eigenvalue weighted by molar-refractivity contribution is 0.0276. The standard InChI is InChI=1S/C13H19NO/c1-9-6-12(7-10(2)11(9)3)13-8-14-4-5-15-13/h6-7,13-14H,4-5,8H2,1-3H3. The van der Waals surface area contributed by atoms with Gasteiger partial charge in [0.15, 0.2) is 0 Å². The fourth-order valence-electron chi connectivity index (χ4n) is 2.03. The molecule has 2 nitrogen and oxygen atoms in total. The maximum atomic E-state index is 5.75. The van der Waals surface area contributed by atoms with Crippen molar-refractivity contribution in [1.29, 1.82) is 0 Å². The smallest absolute Gasteiger partial charge is 0.0950 e. The highest BCUT2D eigenvalue weighted by atomic mass is 16.5. The zero-order chi connectivity index (χ0) is 10.8. The van der Waals surface area contributed by atoms with Gasteiger partial charge in [-0.2, -0.15) is 0 Å². The minimum atomic E-state index is 0.233. The van der Waals surface area contributed by atoms with E-state index in [0.29, 0.717) is 0 Å². The maximum absolute atomic E-state index is 5.75. The van der Waals surface area contributed by atoms with Crippen molar-refractivity contribution in [3.8, 4) is 0 Å². The van der Waals surface area contributed by atoms with Crippen LogP contribution in [0.3, 0.4) is 0 Å². The molecule has 82 valence electrons. The fourth-order valence-corrected chi connectivity index (χ4v) is 2.03. The van der Waals surface area contributed by atoms with Crippen LogP contribution in [0.2, 0.25) is 0 Å². The topological polar surface area (TPSA) is 21.3 Å². The number of benzene rings is 1. The molecule has 1 aliphatic rings. The predicted octanol–water partition coefficient (Wildman–Crippen LogP) is 2.27. The summed E-state index contributed by atoms with van der Waals surface area (Å²) in [6, 6.07) is 4.50. The molecule has 0 spiro atoms. The lowest BCUT2D eigenvalue weighted by Gasteiger charge is -2.25. The minimum Gasteiger partial charge on any atom is -0.371 e. The molecule has 2 heteroatoms. The third kappa shape index (κ3) is 2.21. The first-order valence-corrected chi connectivity index (χ1v) is 5.58. The molecule has 1 N–H and O–H groups in total. The monoisotopic (exact) mass is 205 g/mol. The van der Waals surface area contributed by atoms with E-state index in [4.69, 9.17) is 4.74 Å². The van der Waals surface area contributed by atoms with E-state index >= 15 is 0 Å². The molecule has 1 fully saturated rings. The van der Waals surface area contributed by atoms with Gasteiger partial charge in [0.05, 0.1) is 12.7 Å². The lowest BCUT2D eigenvalue weighted by atomic mass is 9.97. The van der Waals surface area contributed by atoms with Gasteiger partial charge in [0.2, 0.25) is 0 Å². The van der Waals surface area contributed by atoms with Crippen LogP contribution in [-0.2, 0) is 4.74 Å². The maximum Gasteiger partial charge on any atom is 0.0950 e. The largest absolute Gasteiger partial charge is 0.371 e. The lowest BCUT2D eigenvalue weighted by Crippen LogP contribution is -2.33. The van der Waals surface area contributed by atoms with Crippen molar-refractivity contribution in [2.45, 2.75) is 26.9 Å². The first-order chi connectivity index (χ1) is 7.18. The van der Waals surface area contributed by atoms with Crippen LogP contribution in [0.5, 0.6) is 0 Å². The Labute approximate surface area is 91.6 Å². The highest BCUT2D eigenvalue weighted by Gasteiger charge is 2.16. The number of hydrogen-bond acceptors (Lipinski definition) is 2. The van der Waals surface area contributed by atoms with Crippen LogP contribution in [0.15, 0.2) is 12.1 Å². The summed E-state index contributed by atoms with van der Waals surface area (Å²) < 4.78 is 5.75. The van der Waals surface area contributed by atoms with Crippen molar-refractivity contribution in [1.82, 2.24) is 5.32 Å². The fraction of sp³-hybridized carbons (Fsp3) is 0.538. The van der Waals surface area contributed by atoms with Gasteiger partial charge >= 0.3 is 0 Å². The summed E-state index contributed by atoms with van der Waals surface area (Å²) in [7, 11) is 0. The van der Waals surface area contributed by atoms with Crippen LogP contribution < -0.4 is 5.32 Å². The predicted molar refractivity (Wildman–Crippen MR) is 62.2 cm³/mol. The second-order valence-electron chi connectivity index (χ2n) is 4.34. The molecule has 1 aliphatic heterocycles. The van der Waals surface area contributed by atoms with Crippen LogP contribution in [0, 0.1) is 20.8 Å². The van der Waals surface area contributed by atoms with Gasteiger partial charge in [-0.3, -0.25) is 0 Å². The molecule has 1 aromatic rings. The van der Waals surface area contributed by atoms with Crippen molar-refractivity contribution in [3.63, 3.8) is 0 Å².